The standard InChI is InChI=1S/C17H29N5O3/c1-6-13(20-19-5)12-14(18)15(23)21-10-8-7-9-11-22(21)16(24)25-17(2,3)4/h12H,5-11,18H2,1-4H3. The molecule has 8 nitrogen and oxygen atoms in total. The average molecular weight is 351 g/mol. The van der Waals surface area contributed by atoms with Gasteiger partial charge in [-0.05, 0) is 52.5 Å². The summed E-state index contributed by atoms with van der Waals surface area (Å²) in [6.07, 6.45) is 4.00. The minimum absolute atomic E-state index is 0.000270. The fourth-order valence-electron chi connectivity index (χ4n) is 2.34. The van der Waals surface area contributed by atoms with E-state index in [2.05, 4.69) is 16.9 Å². The van der Waals surface area contributed by atoms with Crippen LogP contribution in [0.1, 0.15) is 53.4 Å². The van der Waals surface area contributed by atoms with E-state index in [1.807, 2.05) is 6.92 Å². The van der Waals surface area contributed by atoms with Crippen molar-refractivity contribution < 1.29 is 14.3 Å². The Labute approximate surface area is 149 Å². The number of allylic oxidation sites excluding steroid dienone is 1. The lowest BCUT2D eigenvalue weighted by molar-refractivity contribution is -0.142. The van der Waals surface area contributed by atoms with Crippen LogP contribution in [0, 0.1) is 0 Å². The topological polar surface area (TPSA) is 101 Å². The SMILES string of the molecule is C=NN=C(C=C(N)C(=O)N1CCCCCN1C(=O)OC(C)(C)C)CC. The van der Waals surface area contributed by atoms with Gasteiger partial charge in [0, 0.05) is 19.8 Å². The maximum Gasteiger partial charge on any atom is 0.429 e. The molecular weight excluding hydrogens is 322 g/mol. The smallest absolute Gasteiger partial charge is 0.429 e. The van der Waals surface area contributed by atoms with Gasteiger partial charge in [0.1, 0.15) is 11.3 Å². The van der Waals surface area contributed by atoms with E-state index in [4.69, 9.17) is 10.5 Å². The van der Waals surface area contributed by atoms with Crippen molar-refractivity contribution in [2.75, 3.05) is 13.1 Å². The normalized spacial score (nSPS) is 17.1. The van der Waals surface area contributed by atoms with Crippen LogP contribution in [0.4, 0.5) is 4.79 Å². The molecule has 0 unspecified atom stereocenters. The van der Waals surface area contributed by atoms with Crippen LogP contribution in [-0.4, -0.2) is 53.1 Å². The van der Waals surface area contributed by atoms with E-state index in [0.29, 0.717) is 25.2 Å². The van der Waals surface area contributed by atoms with Gasteiger partial charge in [-0.15, -0.1) is 0 Å². The van der Waals surface area contributed by atoms with Gasteiger partial charge in [0.25, 0.3) is 5.91 Å². The molecule has 0 aromatic carbocycles. The van der Waals surface area contributed by atoms with Crippen molar-refractivity contribution >= 4 is 24.4 Å². The molecule has 0 spiro atoms. The van der Waals surface area contributed by atoms with E-state index in [9.17, 15) is 9.59 Å². The first-order chi connectivity index (χ1) is 11.7. The molecule has 140 valence electrons. The van der Waals surface area contributed by atoms with Crippen molar-refractivity contribution in [3.63, 3.8) is 0 Å². The molecule has 25 heavy (non-hydrogen) atoms. The Hall–Kier alpha value is -2.38. The summed E-state index contributed by atoms with van der Waals surface area (Å²) < 4.78 is 5.42. The summed E-state index contributed by atoms with van der Waals surface area (Å²) in [4.78, 5) is 25.3. The highest BCUT2D eigenvalue weighted by Gasteiger charge is 2.31. The summed E-state index contributed by atoms with van der Waals surface area (Å²) in [5.41, 5.74) is 5.84. The molecule has 1 aliphatic rings. The maximum atomic E-state index is 12.8. The Morgan fingerprint density at radius 3 is 2.32 bits per heavy atom. The van der Waals surface area contributed by atoms with Gasteiger partial charge in [-0.1, -0.05) is 6.92 Å². The Kier molecular flexibility index (Phi) is 7.60. The molecule has 0 saturated carbocycles. The molecule has 0 aromatic heterocycles. The van der Waals surface area contributed by atoms with Gasteiger partial charge in [0.05, 0.1) is 5.71 Å². The summed E-state index contributed by atoms with van der Waals surface area (Å²) in [7, 11) is 0. The van der Waals surface area contributed by atoms with Crippen molar-refractivity contribution in [3.05, 3.63) is 11.8 Å². The molecule has 2 N–H and O–H groups in total. The predicted octanol–water partition coefficient (Wildman–Crippen LogP) is 2.46. The van der Waals surface area contributed by atoms with Crippen LogP contribution in [0.2, 0.25) is 0 Å². The zero-order valence-electron chi connectivity index (χ0n) is 15.6. The highest BCUT2D eigenvalue weighted by Crippen LogP contribution is 2.17. The van der Waals surface area contributed by atoms with E-state index >= 15 is 0 Å². The van der Waals surface area contributed by atoms with Crippen LogP contribution < -0.4 is 5.73 Å². The van der Waals surface area contributed by atoms with Crippen LogP contribution in [-0.2, 0) is 9.53 Å². The van der Waals surface area contributed by atoms with E-state index in [1.54, 1.807) is 20.8 Å². The second-order valence-electron chi connectivity index (χ2n) is 6.78. The van der Waals surface area contributed by atoms with Crippen molar-refractivity contribution in [2.24, 2.45) is 15.9 Å². The molecule has 2 amide bonds. The summed E-state index contributed by atoms with van der Waals surface area (Å²) in [6, 6.07) is 0. The average Bonchev–Trinajstić information content (AvgIpc) is 2.77. The summed E-state index contributed by atoms with van der Waals surface area (Å²) in [5, 5.41) is 9.99. The van der Waals surface area contributed by atoms with Crippen LogP contribution in [0.15, 0.2) is 22.0 Å². The molecule has 1 heterocycles. The van der Waals surface area contributed by atoms with Crippen LogP contribution in [0.5, 0.6) is 0 Å². The van der Waals surface area contributed by atoms with Gasteiger partial charge in [-0.2, -0.15) is 10.2 Å². The molecular formula is C17H29N5O3. The molecule has 0 atom stereocenters. The van der Waals surface area contributed by atoms with Gasteiger partial charge in [0.2, 0.25) is 0 Å². The van der Waals surface area contributed by atoms with Crippen molar-refractivity contribution in [2.45, 2.75) is 59.0 Å². The molecule has 1 aliphatic heterocycles. The minimum Gasteiger partial charge on any atom is -0.442 e. The summed E-state index contributed by atoms with van der Waals surface area (Å²) >= 11 is 0. The third-order valence-electron chi connectivity index (χ3n) is 3.50. The Morgan fingerprint density at radius 1 is 1.20 bits per heavy atom. The van der Waals surface area contributed by atoms with Gasteiger partial charge in [0.15, 0.2) is 0 Å². The zero-order chi connectivity index (χ0) is 19.0. The number of amides is 2. The van der Waals surface area contributed by atoms with E-state index in [1.165, 1.54) is 16.1 Å². The van der Waals surface area contributed by atoms with Crippen LogP contribution in [0.25, 0.3) is 0 Å². The van der Waals surface area contributed by atoms with E-state index < -0.39 is 17.6 Å². The predicted molar refractivity (Wildman–Crippen MR) is 98.0 cm³/mol. The van der Waals surface area contributed by atoms with Gasteiger partial charge in [-0.25, -0.2) is 14.8 Å². The Morgan fingerprint density at radius 2 is 1.80 bits per heavy atom. The summed E-state index contributed by atoms with van der Waals surface area (Å²) in [6.45, 7) is 11.4. The number of carbonyl (C=O) groups excluding carboxylic acids is 2. The van der Waals surface area contributed by atoms with E-state index in [-0.39, 0.29) is 5.70 Å². The van der Waals surface area contributed by atoms with Crippen molar-refractivity contribution in [3.8, 4) is 0 Å². The zero-order valence-corrected chi connectivity index (χ0v) is 15.6. The molecule has 1 saturated heterocycles. The number of rotatable bonds is 4. The van der Waals surface area contributed by atoms with Gasteiger partial charge >= 0.3 is 6.09 Å². The highest BCUT2D eigenvalue weighted by atomic mass is 16.6. The van der Waals surface area contributed by atoms with Gasteiger partial charge in [-0.3, -0.25) is 4.79 Å². The molecule has 0 aromatic rings. The quantitative estimate of drug-likeness (QED) is 0.477. The van der Waals surface area contributed by atoms with Gasteiger partial charge < -0.3 is 10.5 Å². The molecule has 0 radical (unpaired) electrons. The lowest BCUT2D eigenvalue weighted by atomic mass is 10.2. The minimum atomic E-state index is -0.642. The summed E-state index contributed by atoms with van der Waals surface area (Å²) in [5.74, 6) is -0.446. The van der Waals surface area contributed by atoms with Crippen LogP contribution in [0.3, 0.4) is 0 Å². The van der Waals surface area contributed by atoms with Crippen LogP contribution >= 0.6 is 0 Å². The number of nitrogens with zero attached hydrogens (tertiary/aromatic N) is 4. The fraction of sp³-hybridized carbons (Fsp3) is 0.647. The largest absolute Gasteiger partial charge is 0.442 e. The lowest BCUT2D eigenvalue weighted by Gasteiger charge is -2.34. The van der Waals surface area contributed by atoms with Crippen molar-refractivity contribution in [1.82, 2.24) is 10.0 Å². The highest BCUT2D eigenvalue weighted by molar-refractivity contribution is 6.03. The first-order valence-corrected chi connectivity index (χ1v) is 8.51. The maximum absolute atomic E-state index is 12.8. The number of hydrogen-bond acceptors (Lipinski definition) is 6. The first kappa shape index (κ1) is 20.7. The third-order valence-corrected chi connectivity index (χ3v) is 3.50. The Bertz CT molecular complexity index is 563. The monoisotopic (exact) mass is 351 g/mol. The van der Waals surface area contributed by atoms with Crippen molar-refractivity contribution in [1.29, 1.82) is 0 Å². The second kappa shape index (κ2) is 9.19. The number of hydrogen-bond donors (Lipinski definition) is 1. The first-order valence-electron chi connectivity index (χ1n) is 8.51. The third kappa shape index (κ3) is 6.56. The van der Waals surface area contributed by atoms with E-state index in [0.717, 1.165) is 19.3 Å². The molecule has 8 heteroatoms. The fourth-order valence-corrected chi connectivity index (χ4v) is 2.34. The number of nitrogens with two attached hydrogens (primary N) is 1. The number of hydrazine groups is 1. The molecule has 0 bridgehead atoms. The second-order valence-corrected chi connectivity index (χ2v) is 6.78. The molecule has 1 fully saturated rings. The Balaban J connectivity index is 3.04. The molecule has 0 aliphatic carbocycles. The molecule has 1 rings (SSSR count). The number of ether oxygens (including phenoxy) is 1. The lowest BCUT2D eigenvalue weighted by Crippen LogP contribution is -2.52. The number of carbonyl (C=O) groups is 2.